The van der Waals surface area contributed by atoms with Crippen LogP contribution in [0.1, 0.15) is 30.8 Å². The summed E-state index contributed by atoms with van der Waals surface area (Å²) < 4.78 is 26.4. The fraction of sp³-hybridized carbons (Fsp3) is 0.312. The first-order valence-electron chi connectivity index (χ1n) is 7.28. The maximum Gasteiger partial charge on any atom is 0.271 e. The lowest BCUT2D eigenvalue weighted by Crippen LogP contribution is -2.26. The quantitative estimate of drug-likeness (QED) is 0.857. The molecule has 0 fully saturated rings. The summed E-state index contributed by atoms with van der Waals surface area (Å²) >= 11 is 0. The first-order chi connectivity index (χ1) is 11.0. The molecule has 2 N–H and O–H groups in total. The normalized spacial score (nSPS) is 10.7. The number of carbonyl (C=O) groups is 1. The van der Waals surface area contributed by atoms with Crippen molar-refractivity contribution < 1.29 is 13.6 Å². The van der Waals surface area contributed by atoms with Crippen LogP contribution in [0.25, 0.3) is 0 Å². The van der Waals surface area contributed by atoms with Crippen LogP contribution in [0.5, 0.6) is 0 Å². The molecule has 5 nitrogen and oxygen atoms in total. The number of halogens is 2. The van der Waals surface area contributed by atoms with Gasteiger partial charge in [0.2, 0.25) is 0 Å². The van der Waals surface area contributed by atoms with Crippen molar-refractivity contribution in [1.82, 2.24) is 15.3 Å². The van der Waals surface area contributed by atoms with Gasteiger partial charge in [0.05, 0.1) is 18.1 Å². The Balaban J connectivity index is 1.97. The van der Waals surface area contributed by atoms with Crippen LogP contribution in [0.3, 0.4) is 0 Å². The molecule has 0 aliphatic heterocycles. The number of nitrogens with one attached hydrogen (secondary N) is 2. The molecule has 0 bridgehead atoms. The Morgan fingerprint density at radius 3 is 2.61 bits per heavy atom. The molecule has 0 saturated carbocycles. The number of carbonyl (C=O) groups excluding carboxylic acids is 1. The van der Waals surface area contributed by atoms with Gasteiger partial charge in [-0.15, -0.1) is 0 Å². The minimum absolute atomic E-state index is 0.0786. The molecule has 2 aromatic rings. The number of hydrogen-bond acceptors (Lipinski definition) is 4. The minimum Gasteiger partial charge on any atom is -0.351 e. The van der Waals surface area contributed by atoms with E-state index in [1.54, 1.807) is 0 Å². The van der Waals surface area contributed by atoms with Gasteiger partial charge in [-0.05, 0) is 24.5 Å². The highest BCUT2D eigenvalue weighted by Gasteiger charge is 2.09. The van der Waals surface area contributed by atoms with Crippen LogP contribution >= 0.6 is 0 Å². The van der Waals surface area contributed by atoms with Gasteiger partial charge >= 0.3 is 0 Å². The average molecular weight is 320 g/mol. The van der Waals surface area contributed by atoms with Gasteiger partial charge < -0.3 is 10.6 Å². The third-order valence-electron chi connectivity index (χ3n) is 3.09. The van der Waals surface area contributed by atoms with Crippen molar-refractivity contribution in [3.8, 4) is 0 Å². The molecular formula is C16H18F2N4O. The average Bonchev–Trinajstić information content (AvgIpc) is 2.50. The SMILES string of the molecule is CC(C)CCNC(=O)c1cnc(Nc2ccc(F)cc2F)cn1. The maximum absolute atomic E-state index is 13.5. The van der Waals surface area contributed by atoms with E-state index >= 15 is 0 Å². The molecular weight excluding hydrogens is 302 g/mol. The molecule has 1 aromatic heterocycles. The Morgan fingerprint density at radius 2 is 2.00 bits per heavy atom. The van der Waals surface area contributed by atoms with Crippen molar-refractivity contribution in [2.45, 2.75) is 20.3 Å². The Kier molecular flexibility index (Phi) is 5.56. The van der Waals surface area contributed by atoms with E-state index in [2.05, 4.69) is 34.4 Å². The fourth-order valence-corrected chi connectivity index (χ4v) is 1.80. The number of hydrogen-bond donors (Lipinski definition) is 2. The third-order valence-corrected chi connectivity index (χ3v) is 3.09. The lowest BCUT2D eigenvalue weighted by atomic mass is 10.1. The molecule has 0 aliphatic rings. The molecule has 0 radical (unpaired) electrons. The number of benzene rings is 1. The lowest BCUT2D eigenvalue weighted by Gasteiger charge is -2.08. The van der Waals surface area contributed by atoms with Crippen LogP contribution in [0.15, 0.2) is 30.6 Å². The second-order valence-corrected chi connectivity index (χ2v) is 5.47. The predicted octanol–water partition coefficient (Wildman–Crippen LogP) is 3.27. The number of rotatable bonds is 6. The van der Waals surface area contributed by atoms with Gasteiger partial charge in [-0.2, -0.15) is 0 Å². The minimum atomic E-state index is -0.734. The van der Waals surface area contributed by atoms with Crippen LogP contribution in [0.4, 0.5) is 20.3 Å². The summed E-state index contributed by atoms with van der Waals surface area (Å²) in [7, 11) is 0. The van der Waals surface area contributed by atoms with E-state index in [1.165, 1.54) is 18.5 Å². The smallest absolute Gasteiger partial charge is 0.271 e. The van der Waals surface area contributed by atoms with Crippen molar-refractivity contribution in [2.75, 3.05) is 11.9 Å². The Morgan fingerprint density at radius 1 is 1.22 bits per heavy atom. The molecule has 7 heteroatoms. The molecule has 0 atom stereocenters. The van der Waals surface area contributed by atoms with Crippen LogP contribution in [0, 0.1) is 17.6 Å². The Hall–Kier alpha value is -2.57. The van der Waals surface area contributed by atoms with E-state index < -0.39 is 11.6 Å². The maximum atomic E-state index is 13.5. The highest BCUT2D eigenvalue weighted by Crippen LogP contribution is 2.18. The fourth-order valence-electron chi connectivity index (χ4n) is 1.80. The van der Waals surface area contributed by atoms with Crippen LogP contribution in [-0.4, -0.2) is 22.4 Å². The van der Waals surface area contributed by atoms with E-state index in [4.69, 9.17) is 0 Å². The van der Waals surface area contributed by atoms with Gasteiger partial charge in [0.1, 0.15) is 23.1 Å². The molecule has 1 heterocycles. The molecule has 0 spiro atoms. The Labute approximate surface area is 133 Å². The summed E-state index contributed by atoms with van der Waals surface area (Å²) in [5.41, 5.74) is 0.258. The van der Waals surface area contributed by atoms with Crippen LogP contribution in [0.2, 0.25) is 0 Å². The molecule has 1 amide bonds. The number of anilines is 2. The summed E-state index contributed by atoms with van der Waals surface area (Å²) in [6.07, 6.45) is 3.50. The topological polar surface area (TPSA) is 66.9 Å². The molecule has 122 valence electrons. The highest BCUT2D eigenvalue weighted by atomic mass is 19.1. The molecule has 0 unspecified atom stereocenters. The van der Waals surface area contributed by atoms with E-state index in [0.29, 0.717) is 12.5 Å². The molecule has 0 saturated heterocycles. The van der Waals surface area contributed by atoms with Crippen molar-refractivity contribution in [3.05, 3.63) is 47.9 Å². The first kappa shape index (κ1) is 16.8. The zero-order valence-electron chi connectivity index (χ0n) is 12.9. The van der Waals surface area contributed by atoms with E-state index in [1.807, 2.05) is 0 Å². The van der Waals surface area contributed by atoms with Gasteiger partial charge in [-0.25, -0.2) is 18.7 Å². The zero-order chi connectivity index (χ0) is 16.8. The number of nitrogens with zero attached hydrogens (tertiary/aromatic N) is 2. The predicted molar refractivity (Wildman–Crippen MR) is 83.5 cm³/mol. The molecule has 23 heavy (non-hydrogen) atoms. The molecule has 1 aromatic carbocycles. The van der Waals surface area contributed by atoms with Crippen molar-refractivity contribution in [3.63, 3.8) is 0 Å². The second kappa shape index (κ2) is 7.62. The Bertz CT molecular complexity index is 674. The second-order valence-electron chi connectivity index (χ2n) is 5.47. The lowest BCUT2D eigenvalue weighted by molar-refractivity contribution is 0.0946. The summed E-state index contributed by atoms with van der Waals surface area (Å²) in [5, 5.41) is 5.43. The van der Waals surface area contributed by atoms with Gasteiger partial charge in [0.15, 0.2) is 0 Å². The molecule has 0 aliphatic carbocycles. The number of amides is 1. The number of aromatic nitrogens is 2. The van der Waals surface area contributed by atoms with Gasteiger partial charge in [0, 0.05) is 12.6 Å². The highest BCUT2D eigenvalue weighted by molar-refractivity contribution is 5.92. The largest absolute Gasteiger partial charge is 0.351 e. The summed E-state index contributed by atoms with van der Waals surface area (Å²) in [5.74, 6) is -0.944. The van der Waals surface area contributed by atoms with Crippen molar-refractivity contribution >= 4 is 17.4 Å². The van der Waals surface area contributed by atoms with Crippen molar-refractivity contribution in [2.24, 2.45) is 5.92 Å². The monoisotopic (exact) mass is 320 g/mol. The summed E-state index contributed by atoms with van der Waals surface area (Å²) in [6.45, 7) is 4.71. The first-order valence-corrected chi connectivity index (χ1v) is 7.28. The van der Waals surface area contributed by atoms with Gasteiger partial charge in [0.25, 0.3) is 5.91 Å². The zero-order valence-corrected chi connectivity index (χ0v) is 12.9. The van der Waals surface area contributed by atoms with E-state index in [0.717, 1.165) is 18.6 Å². The van der Waals surface area contributed by atoms with E-state index in [9.17, 15) is 13.6 Å². The van der Waals surface area contributed by atoms with Gasteiger partial charge in [-0.3, -0.25) is 4.79 Å². The van der Waals surface area contributed by atoms with Crippen molar-refractivity contribution in [1.29, 1.82) is 0 Å². The van der Waals surface area contributed by atoms with Gasteiger partial charge in [-0.1, -0.05) is 13.8 Å². The molecule has 2 rings (SSSR count). The van der Waals surface area contributed by atoms with Crippen LogP contribution in [-0.2, 0) is 0 Å². The standard InChI is InChI=1S/C16H18F2N4O/c1-10(2)5-6-19-16(23)14-8-21-15(9-20-14)22-13-4-3-11(17)7-12(13)18/h3-4,7-10H,5-6H2,1-2H3,(H,19,23)(H,21,22). The summed E-state index contributed by atoms with van der Waals surface area (Å²) in [6, 6.07) is 3.17. The third kappa shape index (κ3) is 4.98. The van der Waals surface area contributed by atoms with E-state index in [-0.39, 0.29) is 23.1 Å². The van der Waals surface area contributed by atoms with Crippen LogP contribution < -0.4 is 10.6 Å². The summed E-state index contributed by atoms with van der Waals surface area (Å²) in [4.78, 5) is 19.8.